The molecule has 0 saturated carbocycles. The van der Waals surface area contributed by atoms with Gasteiger partial charge < -0.3 is 19.3 Å². The average Bonchev–Trinajstić information content (AvgIpc) is 3.16. The Labute approximate surface area is 163 Å². The third kappa shape index (κ3) is 4.43. The molecule has 5 nitrogen and oxygen atoms in total. The summed E-state index contributed by atoms with van der Waals surface area (Å²) in [7, 11) is 0. The van der Waals surface area contributed by atoms with Crippen molar-refractivity contribution in [3.63, 3.8) is 0 Å². The highest BCUT2D eigenvalue weighted by Crippen LogP contribution is 2.32. The van der Waals surface area contributed by atoms with E-state index in [0.717, 1.165) is 49.8 Å². The molecule has 2 aliphatic heterocycles. The Morgan fingerprint density at radius 3 is 2.59 bits per heavy atom. The van der Waals surface area contributed by atoms with Crippen molar-refractivity contribution in [2.75, 3.05) is 33.0 Å². The van der Waals surface area contributed by atoms with E-state index in [9.17, 15) is 4.79 Å². The molecule has 1 saturated heterocycles. The number of hydrogen-bond donors (Lipinski definition) is 1. The highest BCUT2D eigenvalue weighted by Gasteiger charge is 2.23. The third-order valence-electron chi connectivity index (χ3n) is 4.96. The monoisotopic (exact) mass is 385 g/mol. The van der Waals surface area contributed by atoms with Gasteiger partial charge in [0.1, 0.15) is 6.54 Å². The minimum atomic E-state index is 0.0621. The van der Waals surface area contributed by atoms with Gasteiger partial charge in [0, 0.05) is 16.7 Å². The standard InChI is InChI=1S/C21H21ClN2O3/c22-18-5-1-16(2-6-18)4-8-21(25)24-11-9-23(10-12-24)14-17-3-7-19-20(13-17)27-15-26-19/h1-8,13H,9-12,14-15H2/p+1/b8-4+. The molecule has 1 amide bonds. The summed E-state index contributed by atoms with van der Waals surface area (Å²) >= 11 is 5.88. The number of quaternary nitrogens is 1. The van der Waals surface area contributed by atoms with E-state index in [1.165, 1.54) is 10.5 Å². The molecule has 4 rings (SSSR count). The molecule has 2 aromatic rings. The maximum absolute atomic E-state index is 12.4. The summed E-state index contributed by atoms with van der Waals surface area (Å²) in [6, 6.07) is 13.6. The van der Waals surface area contributed by atoms with Crippen molar-refractivity contribution in [1.82, 2.24) is 4.90 Å². The van der Waals surface area contributed by atoms with Gasteiger partial charge in [0.05, 0.1) is 26.2 Å². The fourth-order valence-electron chi connectivity index (χ4n) is 3.41. The van der Waals surface area contributed by atoms with Gasteiger partial charge in [-0.15, -0.1) is 0 Å². The largest absolute Gasteiger partial charge is 0.454 e. The molecule has 0 aromatic heterocycles. The fraction of sp³-hybridized carbons (Fsp3) is 0.286. The van der Waals surface area contributed by atoms with E-state index in [4.69, 9.17) is 21.1 Å². The van der Waals surface area contributed by atoms with Gasteiger partial charge in [-0.25, -0.2) is 0 Å². The van der Waals surface area contributed by atoms with Crippen LogP contribution in [0.5, 0.6) is 11.5 Å². The molecule has 0 bridgehead atoms. The molecule has 2 aromatic carbocycles. The third-order valence-corrected chi connectivity index (χ3v) is 5.21. The molecule has 0 unspecified atom stereocenters. The van der Waals surface area contributed by atoms with Gasteiger partial charge in [0.15, 0.2) is 11.5 Å². The van der Waals surface area contributed by atoms with E-state index < -0.39 is 0 Å². The predicted molar refractivity (Wildman–Crippen MR) is 104 cm³/mol. The zero-order chi connectivity index (χ0) is 18.6. The molecule has 140 valence electrons. The van der Waals surface area contributed by atoms with Gasteiger partial charge in [0.2, 0.25) is 12.7 Å². The minimum absolute atomic E-state index is 0.0621. The van der Waals surface area contributed by atoms with Crippen molar-refractivity contribution < 1.29 is 19.2 Å². The van der Waals surface area contributed by atoms with Crippen molar-refractivity contribution >= 4 is 23.6 Å². The second-order valence-corrected chi connectivity index (χ2v) is 7.26. The van der Waals surface area contributed by atoms with Crippen LogP contribution in [0.2, 0.25) is 5.02 Å². The Bertz CT molecular complexity index is 843. The lowest BCUT2D eigenvalue weighted by molar-refractivity contribution is -0.917. The molecule has 6 heteroatoms. The van der Waals surface area contributed by atoms with E-state index in [1.54, 1.807) is 6.08 Å². The first kappa shape index (κ1) is 17.9. The quantitative estimate of drug-likeness (QED) is 0.819. The molecule has 1 N–H and O–H groups in total. The number of carbonyl (C=O) groups is 1. The van der Waals surface area contributed by atoms with Crippen molar-refractivity contribution in [2.24, 2.45) is 0 Å². The lowest BCUT2D eigenvalue weighted by Gasteiger charge is -2.31. The summed E-state index contributed by atoms with van der Waals surface area (Å²) in [4.78, 5) is 15.8. The Kier molecular flexibility index (Phi) is 5.32. The molecular formula is C21H22ClN2O3+. The van der Waals surface area contributed by atoms with Gasteiger partial charge in [-0.1, -0.05) is 23.7 Å². The number of ether oxygens (including phenoxy) is 2. The van der Waals surface area contributed by atoms with E-state index in [0.29, 0.717) is 11.8 Å². The summed E-state index contributed by atoms with van der Waals surface area (Å²) < 4.78 is 10.8. The van der Waals surface area contributed by atoms with Crippen LogP contribution < -0.4 is 14.4 Å². The second-order valence-electron chi connectivity index (χ2n) is 6.82. The lowest BCUT2D eigenvalue weighted by Crippen LogP contribution is -3.13. The number of rotatable bonds is 4. The Hall–Kier alpha value is -2.50. The number of fused-ring (bicyclic) bond motifs is 1. The number of hydrogen-bond acceptors (Lipinski definition) is 3. The van der Waals surface area contributed by atoms with E-state index >= 15 is 0 Å². The number of nitrogens with zero attached hydrogens (tertiary/aromatic N) is 1. The number of halogens is 1. The van der Waals surface area contributed by atoms with Gasteiger partial charge in [-0.3, -0.25) is 4.79 Å². The molecule has 2 aliphatic rings. The number of carbonyl (C=O) groups excluding carboxylic acids is 1. The smallest absolute Gasteiger partial charge is 0.246 e. The molecular weight excluding hydrogens is 364 g/mol. The molecule has 0 radical (unpaired) electrons. The Balaban J connectivity index is 1.28. The van der Waals surface area contributed by atoms with E-state index in [1.807, 2.05) is 41.3 Å². The SMILES string of the molecule is O=C(/C=C/c1ccc(Cl)cc1)N1CC[NH+](Cc2ccc3c(c2)OCO3)CC1. The Morgan fingerprint density at radius 2 is 1.81 bits per heavy atom. The minimum Gasteiger partial charge on any atom is -0.454 e. The van der Waals surface area contributed by atoms with Crippen molar-refractivity contribution in [3.8, 4) is 11.5 Å². The van der Waals surface area contributed by atoms with Gasteiger partial charge >= 0.3 is 0 Å². The number of piperazine rings is 1. The average molecular weight is 386 g/mol. The van der Waals surface area contributed by atoms with Crippen LogP contribution in [0, 0.1) is 0 Å². The van der Waals surface area contributed by atoms with Crippen molar-refractivity contribution in [3.05, 3.63) is 64.7 Å². The van der Waals surface area contributed by atoms with Crippen LogP contribution in [0.3, 0.4) is 0 Å². The molecule has 1 fully saturated rings. The van der Waals surface area contributed by atoms with E-state index in [2.05, 4.69) is 12.1 Å². The summed E-state index contributed by atoms with van der Waals surface area (Å²) in [5.74, 6) is 1.71. The first-order valence-corrected chi connectivity index (χ1v) is 9.50. The van der Waals surface area contributed by atoms with Gasteiger partial charge in [0.25, 0.3) is 0 Å². The zero-order valence-electron chi connectivity index (χ0n) is 15.0. The number of benzene rings is 2. The van der Waals surface area contributed by atoms with Crippen molar-refractivity contribution in [2.45, 2.75) is 6.54 Å². The van der Waals surface area contributed by atoms with Crippen LogP contribution in [0.1, 0.15) is 11.1 Å². The molecule has 27 heavy (non-hydrogen) atoms. The highest BCUT2D eigenvalue weighted by molar-refractivity contribution is 6.30. The van der Waals surface area contributed by atoms with Crippen LogP contribution in [0.4, 0.5) is 0 Å². The zero-order valence-corrected chi connectivity index (χ0v) is 15.7. The van der Waals surface area contributed by atoms with E-state index in [-0.39, 0.29) is 5.91 Å². The van der Waals surface area contributed by atoms with Crippen LogP contribution >= 0.6 is 11.6 Å². The predicted octanol–water partition coefficient (Wildman–Crippen LogP) is 2.01. The topological polar surface area (TPSA) is 43.2 Å². The first-order chi connectivity index (χ1) is 13.2. The summed E-state index contributed by atoms with van der Waals surface area (Å²) in [6.45, 7) is 4.65. The lowest BCUT2D eigenvalue weighted by atomic mass is 10.1. The number of nitrogens with one attached hydrogen (secondary N) is 1. The summed E-state index contributed by atoms with van der Waals surface area (Å²) in [5.41, 5.74) is 2.21. The number of amides is 1. The second kappa shape index (κ2) is 8.03. The van der Waals surface area contributed by atoms with Gasteiger partial charge in [-0.2, -0.15) is 0 Å². The van der Waals surface area contributed by atoms with Crippen molar-refractivity contribution in [1.29, 1.82) is 0 Å². The Morgan fingerprint density at radius 1 is 1.07 bits per heavy atom. The van der Waals surface area contributed by atoms with Crippen LogP contribution in [0.15, 0.2) is 48.5 Å². The highest BCUT2D eigenvalue weighted by atomic mass is 35.5. The summed E-state index contributed by atoms with van der Waals surface area (Å²) in [5, 5.41) is 0.694. The van der Waals surface area contributed by atoms with Crippen LogP contribution in [-0.4, -0.2) is 43.8 Å². The molecule has 2 heterocycles. The maximum Gasteiger partial charge on any atom is 0.246 e. The summed E-state index contributed by atoms with van der Waals surface area (Å²) in [6.07, 6.45) is 3.48. The van der Waals surface area contributed by atoms with Crippen LogP contribution in [-0.2, 0) is 11.3 Å². The maximum atomic E-state index is 12.4. The molecule has 0 atom stereocenters. The molecule has 0 spiro atoms. The molecule has 0 aliphatic carbocycles. The first-order valence-electron chi connectivity index (χ1n) is 9.12. The normalized spacial score (nSPS) is 16.9. The van der Waals surface area contributed by atoms with Crippen LogP contribution in [0.25, 0.3) is 6.08 Å². The fourth-order valence-corrected chi connectivity index (χ4v) is 3.53. The van der Waals surface area contributed by atoms with Gasteiger partial charge in [-0.05, 0) is 42.0 Å².